The molecule has 0 aliphatic heterocycles. The molecule has 4 nitrogen and oxygen atoms in total. The number of phenolic OH excluding ortho intramolecular Hbond substituents is 2. The molecule has 0 unspecified atom stereocenters. The van der Waals surface area contributed by atoms with Crippen LogP contribution >= 0.6 is 11.6 Å². The molecule has 2 rings (SSSR count). The maximum absolute atomic E-state index is 10.7. The number of halogens is 1. The van der Waals surface area contributed by atoms with E-state index in [4.69, 9.17) is 16.7 Å². The molecule has 3 N–H and O–H groups in total. The van der Waals surface area contributed by atoms with Crippen molar-refractivity contribution >= 4 is 17.6 Å². The van der Waals surface area contributed by atoms with Gasteiger partial charge in [-0.1, -0.05) is 11.6 Å². The van der Waals surface area contributed by atoms with Gasteiger partial charge in [0.25, 0.3) is 0 Å². The average molecular weight is 243 g/mol. The van der Waals surface area contributed by atoms with Crippen LogP contribution in [-0.4, -0.2) is 21.3 Å². The van der Waals surface area contributed by atoms with E-state index in [0.717, 1.165) is 0 Å². The first-order chi connectivity index (χ1) is 7.46. The highest BCUT2D eigenvalue weighted by atomic mass is 35.5. The minimum atomic E-state index is -0.934. The first kappa shape index (κ1) is 11.1. The van der Waals surface area contributed by atoms with Crippen molar-refractivity contribution in [3.63, 3.8) is 0 Å². The van der Waals surface area contributed by atoms with Crippen molar-refractivity contribution < 1.29 is 20.1 Å². The molecule has 1 aromatic rings. The highest BCUT2D eigenvalue weighted by Crippen LogP contribution is 2.57. The van der Waals surface area contributed by atoms with Crippen molar-refractivity contribution in [2.45, 2.75) is 24.7 Å². The van der Waals surface area contributed by atoms with E-state index in [1.54, 1.807) is 0 Å². The molecule has 0 saturated heterocycles. The fraction of sp³-hybridized carbons (Fsp3) is 0.364. The van der Waals surface area contributed by atoms with Gasteiger partial charge in [-0.3, -0.25) is 4.79 Å². The van der Waals surface area contributed by atoms with Crippen LogP contribution in [0.3, 0.4) is 0 Å². The molecular formula is C11H11ClO4. The zero-order chi connectivity index (χ0) is 11.9. The summed E-state index contributed by atoms with van der Waals surface area (Å²) >= 11 is 5.95. The van der Waals surface area contributed by atoms with Gasteiger partial charge in [-0.2, -0.15) is 0 Å². The van der Waals surface area contributed by atoms with Gasteiger partial charge in [-0.05, 0) is 25.0 Å². The lowest BCUT2D eigenvalue weighted by Gasteiger charge is -2.17. The van der Waals surface area contributed by atoms with E-state index in [2.05, 4.69) is 0 Å². The van der Waals surface area contributed by atoms with Crippen LogP contribution < -0.4 is 0 Å². The Morgan fingerprint density at radius 1 is 1.38 bits per heavy atom. The summed E-state index contributed by atoms with van der Waals surface area (Å²) in [6.07, 6.45) is 1.25. The fourth-order valence-corrected chi connectivity index (χ4v) is 2.37. The molecule has 0 heterocycles. The molecule has 1 aliphatic carbocycles. The summed E-state index contributed by atoms with van der Waals surface area (Å²) in [6.45, 7) is 0. The Labute approximate surface area is 97.1 Å². The quantitative estimate of drug-likeness (QED) is 0.711. The Morgan fingerprint density at radius 2 is 2.00 bits per heavy atom. The Kier molecular flexibility index (Phi) is 2.46. The van der Waals surface area contributed by atoms with Crippen LogP contribution in [0.5, 0.6) is 11.5 Å². The van der Waals surface area contributed by atoms with Crippen molar-refractivity contribution in [2.24, 2.45) is 0 Å². The van der Waals surface area contributed by atoms with Gasteiger partial charge in [0, 0.05) is 16.0 Å². The summed E-state index contributed by atoms with van der Waals surface area (Å²) in [5.74, 6) is -1.50. The van der Waals surface area contributed by atoms with Gasteiger partial charge in [0.15, 0.2) is 11.5 Å². The normalized spacial score (nSPS) is 17.1. The molecule has 0 amide bonds. The third-order valence-electron chi connectivity index (χ3n) is 2.98. The monoisotopic (exact) mass is 242 g/mol. The number of aliphatic carboxylic acids is 1. The lowest BCUT2D eigenvalue weighted by Crippen LogP contribution is -2.13. The van der Waals surface area contributed by atoms with Crippen molar-refractivity contribution in [1.82, 2.24) is 0 Å². The summed E-state index contributed by atoms with van der Waals surface area (Å²) < 4.78 is 0. The Hall–Kier alpha value is -1.42. The van der Waals surface area contributed by atoms with Gasteiger partial charge >= 0.3 is 5.97 Å². The second-order valence-electron chi connectivity index (χ2n) is 4.14. The van der Waals surface area contributed by atoms with E-state index in [1.165, 1.54) is 12.1 Å². The van der Waals surface area contributed by atoms with E-state index in [-0.39, 0.29) is 17.9 Å². The number of benzene rings is 1. The third-order valence-corrected chi connectivity index (χ3v) is 3.29. The number of carboxylic acids is 1. The molecule has 0 atom stereocenters. The molecule has 86 valence electrons. The standard InChI is InChI=1S/C11H11ClO4/c12-6-1-2-7(13)10(16)9(6)11(3-4-11)5-8(14)15/h1-2,13,16H,3-5H2,(H,14,15). The van der Waals surface area contributed by atoms with Crippen molar-refractivity contribution in [2.75, 3.05) is 0 Å². The molecule has 1 aromatic carbocycles. The summed E-state index contributed by atoms with van der Waals surface area (Å²) in [6, 6.07) is 2.76. The predicted molar refractivity (Wildman–Crippen MR) is 57.9 cm³/mol. The zero-order valence-corrected chi connectivity index (χ0v) is 9.16. The highest BCUT2D eigenvalue weighted by Gasteiger charge is 2.49. The lowest BCUT2D eigenvalue weighted by molar-refractivity contribution is -0.137. The summed E-state index contributed by atoms with van der Waals surface area (Å²) in [4.78, 5) is 10.7. The second-order valence-corrected chi connectivity index (χ2v) is 4.55. The van der Waals surface area contributed by atoms with Crippen molar-refractivity contribution in [3.8, 4) is 11.5 Å². The molecular weight excluding hydrogens is 232 g/mol. The van der Waals surface area contributed by atoms with Crippen LogP contribution in [0.25, 0.3) is 0 Å². The van der Waals surface area contributed by atoms with E-state index in [9.17, 15) is 15.0 Å². The topological polar surface area (TPSA) is 77.8 Å². The number of phenols is 2. The SMILES string of the molecule is O=C(O)CC1(c2c(Cl)ccc(O)c2O)CC1. The maximum Gasteiger partial charge on any atom is 0.304 e. The lowest BCUT2D eigenvalue weighted by atomic mass is 9.91. The molecule has 0 radical (unpaired) electrons. The molecule has 1 aliphatic rings. The van der Waals surface area contributed by atoms with Crippen LogP contribution in [0.1, 0.15) is 24.8 Å². The van der Waals surface area contributed by atoms with Crippen LogP contribution in [0.15, 0.2) is 12.1 Å². The Bertz CT molecular complexity index is 452. The molecule has 0 bridgehead atoms. The Balaban J connectivity index is 2.48. The summed E-state index contributed by atoms with van der Waals surface area (Å²) in [7, 11) is 0. The van der Waals surface area contributed by atoms with Crippen LogP contribution in [-0.2, 0) is 10.2 Å². The van der Waals surface area contributed by atoms with Gasteiger partial charge in [0.05, 0.1) is 6.42 Å². The largest absolute Gasteiger partial charge is 0.504 e. The van der Waals surface area contributed by atoms with Crippen molar-refractivity contribution in [3.05, 3.63) is 22.7 Å². The van der Waals surface area contributed by atoms with Gasteiger partial charge in [0.1, 0.15) is 0 Å². The number of carbonyl (C=O) groups is 1. The number of hydrogen-bond acceptors (Lipinski definition) is 3. The molecule has 0 spiro atoms. The first-order valence-corrected chi connectivity index (χ1v) is 5.27. The number of rotatable bonds is 3. The summed E-state index contributed by atoms with van der Waals surface area (Å²) in [5, 5.41) is 28.2. The molecule has 1 fully saturated rings. The molecule has 1 saturated carbocycles. The van der Waals surface area contributed by atoms with Crippen LogP contribution in [0.4, 0.5) is 0 Å². The average Bonchev–Trinajstić information content (AvgIpc) is 2.92. The summed E-state index contributed by atoms with van der Waals surface area (Å²) in [5.41, 5.74) is -0.247. The zero-order valence-electron chi connectivity index (χ0n) is 8.40. The molecule has 16 heavy (non-hydrogen) atoms. The molecule has 0 aromatic heterocycles. The van der Waals surface area contributed by atoms with Crippen LogP contribution in [0.2, 0.25) is 5.02 Å². The second kappa shape index (κ2) is 3.56. The van der Waals surface area contributed by atoms with Gasteiger partial charge in [-0.25, -0.2) is 0 Å². The van der Waals surface area contributed by atoms with E-state index >= 15 is 0 Å². The van der Waals surface area contributed by atoms with E-state index in [1.807, 2.05) is 0 Å². The van der Waals surface area contributed by atoms with Gasteiger partial charge in [0.2, 0.25) is 0 Å². The minimum Gasteiger partial charge on any atom is -0.504 e. The number of carboxylic acid groups (broad SMARTS) is 1. The molecule has 5 heteroatoms. The Morgan fingerprint density at radius 3 is 2.50 bits per heavy atom. The first-order valence-electron chi connectivity index (χ1n) is 4.89. The highest BCUT2D eigenvalue weighted by molar-refractivity contribution is 6.31. The fourth-order valence-electron chi connectivity index (χ4n) is 2.02. The van der Waals surface area contributed by atoms with Crippen molar-refractivity contribution in [1.29, 1.82) is 0 Å². The number of hydrogen-bond donors (Lipinski definition) is 3. The number of aromatic hydroxyl groups is 2. The van der Waals surface area contributed by atoms with Gasteiger partial charge in [-0.15, -0.1) is 0 Å². The smallest absolute Gasteiger partial charge is 0.304 e. The van der Waals surface area contributed by atoms with Crippen LogP contribution in [0, 0.1) is 0 Å². The predicted octanol–water partition coefficient (Wildman–Crippen LogP) is 2.26. The maximum atomic E-state index is 10.7. The van der Waals surface area contributed by atoms with E-state index < -0.39 is 11.4 Å². The van der Waals surface area contributed by atoms with E-state index in [0.29, 0.717) is 23.4 Å². The van der Waals surface area contributed by atoms with Gasteiger partial charge < -0.3 is 15.3 Å². The third kappa shape index (κ3) is 1.69. The minimum absolute atomic E-state index is 0.0796.